The van der Waals surface area contributed by atoms with Gasteiger partial charge in [-0.1, -0.05) is 42.5 Å². The maximum absolute atomic E-state index is 13.0. The normalized spacial score (nSPS) is 16.8. The highest BCUT2D eigenvalue weighted by Crippen LogP contribution is 2.31. The van der Waals surface area contributed by atoms with Gasteiger partial charge in [-0.3, -0.25) is 9.78 Å². The molecule has 5 nitrogen and oxygen atoms in total. The first kappa shape index (κ1) is 16.5. The number of benzene rings is 2. The van der Waals surface area contributed by atoms with Crippen LogP contribution < -0.4 is 5.32 Å². The molecular weight excluding hydrogens is 324 g/mol. The van der Waals surface area contributed by atoms with Crippen molar-refractivity contribution in [3.63, 3.8) is 0 Å². The number of hydrogen-bond donors (Lipinski definition) is 1. The molecule has 26 heavy (non-hydrogen) atoms. The molecule has 0 radical (unpaired) electrons. The van der Waals surface area contributed by atoms with Gasteiger partial charge in [0.15, 0.2) is 0 Å². The van der Waals surface area contributed by atoms with Crippen molar-refractivity contribution < 1.29 is 4.79 Å². The molecule has 5 heteroatoms. The third-order valence-electron chi connectivity index (χ3n) is 4.99. The monoisotopic (exact) mass is 346 g/mol. The van der Waals surface area contributed by atoms with Gasteiger partial charge in [0.05, 0.1) is 30.6 Å². The smallest absolute Gasteiger partial charge is 0.227 e. The lowest BCUT2D eigenvalue weighted by atomic mass is 10.0. The van der Waals surface area contributed by atoms with E-state index in [-0.39, 0.29) is 11.9 Å². The van der Waals surface area contributed by atoms with Crippen LogP contribution in [0.15, 0.2) is 54.9 Å². The molecule has 1 saturated heterocycles. The molecule has 1 aliphatic rings. The van der Waals surface area contributed by atoms with Gasteiger partial charge in [-0.25, -0.2) is 4.98 Å². The third-order valence-corrected chi connectivity index (χ3v) is 4.99. The van der Waals surface area contributed by atoms with Gasteiger partial charge >= 0.3 is 0 Å². The topological polar surface area (TPSA) is 58.1 Å². The molecule has 1 amide bonds. The van der Waals surface area contributed by atoms with E-state index in [9.17, 15) is 4.79 Å². The molecule has 1 aliphatic heterocycles. The Hall–Kier alpha value is -2.95. The van der Waals surface area contributed by atoms with Crippen LogP contribution in [0, 0.1) is 0 Å². The minimum absolute atomic E-state index is 0.0174. The molecule has 2 heterocycles. The first-order valence-corrected chi connectivity index (χ1v) is 9.01. The summed E-state index contributed by atoms with van der Waals surface area (Å²) in [6.07, 6.45) is 5.82. The van der Waals surface area contributed by atoms with Crippen molar-refractivity contribution >= 4 is 22.5 Å². The molecular formula is C21H22N4O. The SMILES string of the molecule is CNc1cncc(C2CCCN2C(=O)Cc2ccc3ccccc3c2)n1. The van der Waals surface area contributed by atoms with E-state index < -0.39 is 0 Å². The summed E-state index contributed by atoms with van der Waals surface area (Å²) in [6.45, 7) is 0.780. The zero-order valence-electron chi connectivity index (χ0n) is 14.9. The first-order chi connectivity index (χ1) is 12.7. The summed E-state index contributed by atoms with van der Waals surface area (Å²) in [5.74, 6) is 0.885. The lowest BCUT2D eigenvalue weighted by molar-refractivity contribution is -0.131. The van der Waals surface area contributed by atoms with Crippen molar-refractivity contribution in [1.82, 2.24) is 14.9 Å². The number of anilines is 1. The van der Waals surface area contributed by atoms with E-state index in [0.717, 1.165) is 36.5 Å². The first-order valence-electron chi connectivity index (χ1n) is 9.01. The van der Waals surface area contributed by atoms with Crippen molar-refractivity contribution in [2.45, 2.75) is 25.3 Å². The molecule has 0 bridgehead atoms. The van der Waals surface area contributed by atoms with Gasteiger partial charge in [-0.15, -0.1) is 0 Å². The van der Waals surface area contributed by atoms with Crippen molar-refractivity contribution in [2.75, 3.05) is 18.9 Å². The summed E-state index contributed by atoms with van der Waals surface area (Å²) in [5, 5.41) is 5.38. The lowest BCUT2D eigenvalue weighted by Crippen LogP contribution is -2.32. The van der Waals surface area contributed by atoms with Crippen molar-refractivity contribution in [2.24, 2.45) is 0 Å². The summed E-state index contributed by atoms with van der Waals surface area (Å²) in [6, 6.07) is 14.5. The second kappa shape index (κ2) is 7.12. The number of carbonyl (C=O) groups excluding carboxylic acids is 1. The number of carbonyl (C=O) groups is 1. The van der Waals surface area contributed by atoms with Gasteiger partial charge in [-0.05, 0) is 29.2 Å². The maximum Gasteiger partial charge on any atom is 0.227 e. The molecule has 1 unspecified atom stereocenters. The van der Waals surface area contributed by atoms with Crippen LogP contribution >= 0.6 is 0 Å². The molecule has 3 aromatic rings. The predicted octanol–water partition coefficient (Wildman–Crippen LogP) is 3.58. The van der Waals surface area contributed by atoms with E-state index >= 15 is 0 Å². The molecule has 4 rings (SSSR count). The minimum Gasteiger partial charge on any atom is -0.372 e. The number of aromatic nitrogens is 2. The zero-order valence-corrected chi connectivity index (χ0v) is 14.9. The molecule has 132 valence electrons. The predicted molar refractivity (Wildman–Crippen MR) is 103 cm³/mol. The standard InChI is InChI=1S/C21H22N4O/c1-22-20-14-23-13-18(24-20)19-7-4-10-25(19)21(26)12-15-8-9-16-5-2-3-6-17(16)11-15/h2-3,5-6,8-9,11,13-14,19H,4,7,10,12H2,1H3,(H,22,24). The molecule has 0 saturated carbocycles. The van der Waals surface area contributed by atoms with Gasteiger partial charge in [0.1, 0.15) is 5.82 Å². The maximum atomic E-state index is 13.0. The quantitative estimate of drug-likeness (QED) is 0.784. The van der Waals surface area contributed by atoms with Crippen LogP contribution in [0.25, 0.3) is 10.8 Å². The molecule has 0 spiro atoms. The Morgan fingerprint density at radius 2 is 2.04 bits per heavy atom. The second-order valence-electron chi connectivity index (χ2n) is 6.68. The summed E-state index contributed by atoms with van der Waals surface area (Å²) in [7, 11) is 1.82. The van der Waals surface area contributed by atoms with Gasteiger partial charge in [0, 0.05) is 13.6 Å². The average Bonchev–Trinajstić information content (AvgIpc) is 3.18. The zero-order chi connectivity index (χ0) is 17.9. The fourth-order valence-corrected chi connectivity index (χ4v) is 3.66. The van der Waals surface area contributed by atoms with Crippen LogP contribution in [0.4, 0.5) is 5.82 Å². The fraction of sp³-hybridized carbons (Fsp3) is 0.286. The summed E-state index contributed by atoms with van der Waals surface area (Å²) >= 11 is 0. The van der Waals surface area contributed by atoms with E-state index in [2.05, 4.69) is 39.6 Å². The molecule has 1 fully saturated rings. The molecule has 1 aromatic heterocycles. The Balaban J connectivity index is 1.54. The Labute approximate surface area is 153 Å². The average molecular weight is 346 g/mol. The van der Waals surface area contributed by atoms with Gasteiger partial charge < -0.3 is 10.2 Å². The van der Waals surface area contributed by atoms with Crippen LogP contribution in [-0.4, -0.2) is 34.4 Å². The molecule has 1 N–H and O–H groups in total. The largest absolute Gasteiger partial charge is 0.372 e. The van der Waals surface area contributed by atoms with Crippen LogP contribution in [0.1, 0.15) is 30.1 Å². The Morgan fingerprint density at radius 1 is 1.19 bits per heavy atom. The lowest BCUT2D eigenvalue weighted by Gasteiger charge is -2.24. The van der Waals surface area contributed by atoms with Crippen LogP contribution in [-0.2, 0) is 11.2 Å². The third kappa shape index (κ3) is 3.25. The van der Waals surface area contributed by atoms with E-state index in [4.69, 9.17) is 0 Å². The van der Waals surface area contributed by atoms with Crippen LogP contribution in [0.5, 0.6) is 0 Å². The second-order valence-corrected chi connectivity index (χ2v) is 6.68. The molecule has 1 atom stereocenters. The number of likely N-dealkylation sites (tertiary alicyclic amines) is 1. The Kier molecular flexibility index (Phi) is 4.52. The van der Waals surface area contributed by atoms with E-state index in [0.29, 0.717) is 6.42 Å². The summed E-state index contributed by atoms with van der Waals surface area (Å²) in [4.78, 5) is 23.7. The van der Waals surface area contributed by atoms with Crippen molar-refractivity contribution in [3.05, 3.63) is 66.1 Å². The Bertz CT molecular complexity index is 940. The minimum atomic E-state index is 0.0174. The van der Waals surface area contributed by atoms with E-state index in [1.54, 1.807) is 12.4 Å². The summed E-state index contributed by atoms with van der Waals surface area (Å²) < 4.78 is 0. The molecule has 2 aromatic carbocycles. The van der Waals surface area contributed by atoms with Crippen molar-refractivity contribution in [3.8, 4) is 0 Å². The van der Waals surface area contributed by atoms with Gasteiger partial charge in [0.25, 0.3) is 0 Å². The fourth-order valence-electron chi connectivity index (χ4n) is 3.66. The highest BCUT2D eigenvalue weighted by atomic mass is 16.2. The summed E-state index contributed by atoms with van der Waals surface area (Å²) in [5.41, 5.74) is 1.91. The number of rotatable bonds is 4. The number of amides is 1. The highest BCUT2D eigenvalue weighted by Gasteiger charge is 2.31. The van der Waals surface area contributed by atoms with Crippen molar-refractivity contribution in [1.29, 1.82) is 0 Å². The number of nitrogens with zero attached hydrogens (tertiary/aromatic N) is 3. The number of fused-ring (bicyclic) bond motifs is 1. The number of hydrogen-bond acceptors (Lipinski definition) is 4. The molecule has 0 aliphatic carbocycles. The van der Waals surface area contributed by atoms with Crippen LogP contribution in [0.2, 0.25) is 0 Å². The Morgan fingerprint density at radius 3 is 2.88 bits per heavy atom. The van der Waals surface area contributed by atoms with Gasteiger partial charge in [-0.2, -0.15) is 0 Å². The highest BCUT2D eigenvalue weighted by molar-refractivity contribution is 5.85. The van der Waals surface area contributed by atoms with E-state index in [1.165, 1.54) is 10.8 Å². The van der Waals surface area contributed by atoms with Crippen LogP contribution in [0.3, 0.4) is 0 Å². The van der Waals surface area contributed by atoms with E-state index in [1.807, 2.05) is 30.1 Å². The van der Waals surface area contributed by atoms with Gasteiger partial charge in [0.2, 0.25) is 5.91 Å². The number of nitrogens with one attached hydrogen (secondary N) is 1.